The molecule has 3 rings (SSSR count). The molecule has 0 aliphatic heterocycles. The Labute approximate surface area is 190 Å². The van der Waals surface area contributed by atoms with Gasteiger partial charge in [-0.2, -0.15) is 0 Å². The topological polar surface area (TPSA) is 75.3 Å². The lowest BCUT2D eigenvalue weighted by Gasteiger charge is -2.16. The number of sulfonamides is 1. The first kappa shape index (κ1) is 24.0. The summed E-state index contributed by atoms with van der Waals surface area (Å²) in [6.45, 7) is 6.90. The number of amides is 1. The second-order valence-corrected chi connectivity index (χ2v) is 10.5. The second kappa shape index (κ2) is 9.86. The molecule has 0 aromatic heterocycles. The first-order chi connectivity index (χ1) is 15.1. The first-order valence-electron chi connectivity index (χ1n) is 11.0. The summed E-state index contributed by atoms with van der Waals surface area (Å²) in [5.41, 5.74) is 5.20. The summed E-state index contributed by atoms with van der Waals surface area (Å²) < 4.78 is 40.1. The maximum absolute atomic E-state index is 14.8. The van der Waals surface area contributed by atoms with Crippen LogP contribution in [0.4, 0.5) is 10.1 Å². The molecule has 172 valence electrons. The van der Waals surface area contributed by atoms with Crippen molar-refractivity contribution in [1.82, 2.24) is 4.72 Å². The summed E-state index contributed by atoms with van der Waals surface area (Å²) in [5, 5.41) is 3.31. The average Bonchev–Trinajstić information content (AvgIpc) is 3.25. The van der Waals surface area contributed by atoms with Crippen LogP contribution in [0.25, 0.3) is 17.2 Å². The number of carbonyl (C=O) groups is 1. The molecule has 0 saturated heterocycles. The van der Waals surface area contributed by atoms with Crippen LogP contribution in [0.15, 0.2) is 35.9 Å². The lowest BCUT2D eigenvalue weighted by molar-refractivity contribution is -0.115. The number of carbonyl (C=O) groups excluding carboxylic acids is 1. The van der Waals surface area contributed by atoms with E-state index in [2.05, 4.69) is 10.0 Å². The van der Waals surface area contributed by atoms with Gasteiger partial charge in [0.2, 0.25) is 10.0 Å². The maximum Gasteiger partial charge on any atom is 0.260 e. The molecule has 7 heteroatoms. The maximum atomic E-state index is 14.8. The van der Waals surface area contributed by atoms with E-state index in [4.69, 9.17) is 0 Å². The van der Waals surface area contributed by atoms with Gasteiger partial charge in [-0.25, -0.2) is 17.5 Å². The lowest BCUT2D eigenvalue weighted by atomic mass is 9.94. The van der Waals surface area contributed by atoms with Crippen LogP contribution < -0.4 is 10.0 Å². The molecule has 1 fully saturated rings. The molecular formula is C25H31FN2O3S. The fraction of sp³-hybridized carbons (Fsp3) is 0.400. The van der Waals surface area contributed by atoms with Crippen LogP contribution in [0.2, 0.25) is 0 Å². The van der Waals surface area contributed by atoms with E-state index in [0.29, 0.717) is 17.3 Å². The Kier molecular flexibility index (Phi) is 7.39. The number of rotatable bonds is 7. The van der Waals surface area contributed by atoms with Crippen LogP contribution >= 0.6 is 0 Å². The zero-order chi connectivity index (χ0) is 23.5. The summed E-state index contributed by atoms with van der Waals surface area (Å²) in [6, 6.07) is 9.52. The predicted molar refractivity (Wildman–Crippen MR) is 128 cm³/mol. The number of anilines is 1. The van der Waals surface area contributed by atoms with E-state index in [1.165, 1.54) is 19.8 Å². The van der Waals surface area contributed by atoms with Crippen LogP contribution in [0.5, 0.6) is 0 Å². The Balaban J connectivity index is 1.84. The summed E-state index contributed by atoms with van der Waals surface area (Å²) in [6.07, 6.45) is 6.20. The van der Waals surface area contributed by atoms with E-state index in [1.807, 2.05) is 32.0 Å². The van der Waals surface area contributed by atoms with Gasteiger partial charge in [0.05, 0.1) is 11.4 Å². The smallest absolute Gasteiger partial charge is 0.260 e. The molecule has 32 heavy (non-hydrogen) atoms. The van der Waals surface area contributed by atoms with Gasteiger partial charge in [-0.1, -0.05) is 31.0 Å². The number of hydrogen-bond donors (Lipinski definition) is 2. The molecule has 0 unspecified atom stereocenters. The molecule has 5 nitrogen and oxygen atoms in total. The number of halogens is 1. The van der Waals surface area contributed by atoms with Crippen molar-refractivity contribution in [3.8, 4) is 11.1 Å². The van der Waals surface area contributed by atoms with Crippen LogP contribution in [0.3, 0.4) is 0 Å². The molecule has 1 aliphatic carbocycles. The second-order valence-electron chi connectivity index (χ2n) is 8.51. The highest BCUT2D eigenvalue weighted by molar-refractivity contribution is 7.90. The summed E-state index contributed by atoms with van der Waals surface area (Å²) in [4.78, 5) is 12.2. The molecule has 0 atom stereocenters. The fourth-order valence-corrected chi connectivity index (χ4v) is 4.58. The van der Waals surface area contributed by atoms with Gasteiger partial charge in [0.1, 0.15) is 5.82 Å². The molecule has 2 N–H and O–H groups in total. The predicted octanol–water partition coefficient (Wildman–Crippen LogP) is 5.33. The molecule has 0 heterocycles. The number of aryl methyl sites for hydroxylation is 2. The van der Waals surface area contributed by atoms with Gasteiger partial charge in [0, 0.05) is 11.6 Å². The molecule has 2 aromatic carbocycles. The Morgan fingerprint density at radius 1 is 1.12 bits per heavy atom. The van der Waals surface area contributed by atoms with Crippen molar-refractivity contribution in [1.29, 1.82) is 0 Å². The van der Waals surface area contributed by atoms with Crippen LogP contribution in [0.1, 0.15) is 56.2 Å². The molecular weight excluding hydrogens is 427 g/mol. The third kappa shape index (κ3) is 5.76. The van der Waals surface area contributed by atoms with Gasteiger partial charge in [0.25, 0.3) is 5.91 Å². The highest BCUT2D eigenvalue weighted by atomic mass is 32.2. The van der Waals surface area contributed by atoms with Crippen LogP contribution in [-0.2, 0) is 14.8 Å². The third-order valence-corrected chi connectivity index (χ3v) is 7.22. The van der Waals surface area contributed by atoms with Gasteiger partial charge in [0.15, 0.2) is 0 Å². The summed E-state index contributed by atoms with van der Waals surface area (Å²) >= 11 is 0. The molecule has 2 aromatic rings. The third-order valence-electron chi connectivity index (χ3n) is 5.97. The van der Waals surface area contributed by atoms with E-state index in [0.717, 1.165) is 40.7 Å². The van der Waals surface area contributed by atoms with Crippen molar-refractivity contribution in [3.05, 3.63) is 58.4 Å². The van der Waals surface area contributed by atoms with E-state index >= 15 is 0 Å². The van der Waals surface area contributed by atoms with Crippen molar-refractivity contribution >= 4 is 27.7 Å². The minimum Gasteiger partial charge on any atom is -0.380 e. The van der Waals surface area contributed by atoms with E-state index < -0.39 is 15.9 Å². The zero-order valence-electron chi connectivity index (χ0n) is 19.1. The van der Waals surface area contributed by atoms with Crippen molar-refractivity contribution in [2.24, 2.45) is 0 Å². The summed E-state index contributed by atoms with van der Waals surface area (Å²) in [7, 11) is -3.61. The highest BCUT2D eigenvalue weighted by Crippen LogP contribution is 2.31. The number of nitrogens with one attached hydrogen (secondary N) is 2. The standard InChI is InChI=1S/C25H31FN2O3S/c1-5-32(30,31)28-25(29)18(4)13-20-12-17(3)22(14-16(20)2)19-10-11-24(23(26)15-19)27-21-8-6-7-9-21/h10-15,21,27H,5-9H2,1-4H3,(H,28,29). The van der Waals surface area contributed by atoms with E-state index in [-0.39, 0.29) is 11.6 Å². The molecule has 1 saturated carbocycles. The molecule has 0 bridgehead atoms. The van der Waals surface area contributed by atoms with Gasteiger partial charge in [-0.3, -0.25) is 4.79 Å². The minimum atomic E-state index is -3.61. The van der Waals surface area contributed by atoms with Gasteiger partial charge in [-0.15, -0.1) is 0 Å². The van der Waals surface area contributed by atoms with Crippen molar-refractivity contribution < 1.29 is 17.6 Å². The SMILES string of the molecule is CCS(=O)(=O)NC(=O)C(C)=Cc1cc(C)c(-c2ccc(NC3CCCC3)c(F)c2)cc1C. The van der Waals surface area contributed by atoms with Crippen LogP contribution in [-0.4, -0.2) is 26.1 Å². The van der Waals surface area contributed by atoms with Gasteiger partial charge >= 0.3 is 0 Å². The molecule has 1 amide bonds. The molecule has 0 spiro atoms. The Bertz CT molecular complexity index is 1150. The van der Waals surface area contributed by atoms with Crippen molar-refractivity contribution in [2.75, 3.05) is 11.1 Å². The Morgan fingerprint density at radius 2 is 1.81 bits per heavy atom. The lowest BCUT2D eigenvalue weighted by Crippen LogP contribution is -2.32. The normalized spacial score (nSPS) is 15.1. The van der Waals surface area contributed by atoms with Crippen molar-refractivity contribution in [3.63, 3.8) is 0 Å². The molecule has 0 radical (unpaired) electrons. The number of benzene rings is 2. The number of hydrogen-bond acceptors (Lipinski definition) is 4. The first-order valence-corrected chi connectivity index (χ1v) is 12.7. The van der Waals surface area contributed by atoms with Gasteiger partial charge in [-0.05, 0) is 86.6 Å². The largest absolute Gasteiger partial charge is 0.380 e. The quantitative estimate of drug-likeness (QED) is 0.550. The van der Waals surface area contributed by atoms with Crippen molar-refractivity contribution in [2.45, 2.75) is 59.4 Å². The monoisotopic (exact) mass is 458 g/mol. The Hall–Kier alpha value is -2.67. The van der Waals surface area contributed by atoms with E-state index in [9.17, 15) is 17.6 Å². The minimum absolute atomic E-state index is 0.162. The summed E-state index contributed by atoms with van der Waals surface area (Å²) in [5.74, 6) is -1.06. The van der Waals surface area contributed by atoms with Crippen LogP contribution in [0, 0.1) is 19.7 Å². The fourth-order valence-electron chi connectivity index (χ4n) is 3.99. The average molecular weight is 459 g/mol. The van der Waals surface area contributed by atoms with E-state index in [1.54, 1.807) is 25.1 Å². The van der Waals surface area contributed by atoms with Gasteiger partial charge < -0.3 is 5.32 Å². The Morgan fingerprint density at radius 3 is 2.44 bits per heavy atom. The molecule has 1 aliphatic rings. The highest BCUT2D eigenvalue weighted by Gasteiger charge is 2.17. The zero-order valence-corrected chi connectivity index (χ0v) is 19.9.